The molecule has 19 heteroatoms. The van der Waals surface area contributed by atoms with E-state index in [0.29, 0.717) is 12.8 Å². The van der Waals surface area contributed by atoms with Gasteiger partial charge in [0.2, 0.25) is 5.91 Å². The number of rotatable bonds is 57. The van der Waals surface area contributed by atoms with Crippen LogP contribution in [0.5, 0.6) is 0 Å². The molecule has 3 heterocycles. The Balaban J connectivity index is 1.40. The first-order valence-corrected chi connectivity index (χ1v) is 36.9. The lowest BCUT2D eigenvalue weighted by Gasteiger charge is -2.48. The molecule has 1 amide bonds. The van der Waals surface area contributed by atoms with Crippen LogP contribution in [0.4, 0.5) is 0 Å². The highest BCUT2D eigenvalue weighted by Crippen LogP contribution is 2.33. The second kappa shape index (κ2) is 54.7. The first-order chi connectivity index (χ1) is 44.8. The van der Waals surface area contributed by atoms with Crippen molar-refractivity contribution < 1.29 is 89.4 Å². The van der Waals surface area contributed by atoms with E-state index < -0.39 is 124 Å². The first-order valence-electron chi connectivity index (χ1n) is 36.9. The van der Waals surface area contributed by atoms with Crippen LogP contribution in [-0.4, -0.2) is 193 Å². The molecular formula is C73H133NO18. The molecule has 538 valence electrons. The molecule has 3 rings (SSSR count). The van der Waals surface area contributed by atoms with Crippen LogP contribution in [0.15, 0.2) is 48.6 Å². The molecule has 0 saturated carbocycles. The Morgan fingerprint density at radius 2 is 0.696 bits per heavy atom. The third-order valence-corrected chi connectivity index (χ3v) is 18.3. The second-order valence-electron chi connectivity index (χ2n) is 26.4. The lowest BCUT2D eigenvalue weighted by Crippen LogP contribution is -2.66. The molecular weight excluding hydrogens is 1180 g/mol. The smallest absolute Gasteiger partial charge is 0.220 e. The van der Waals surface area contributed by atoms with E-state index >= 15 is 0 Å². The van der Waals surface area contributed by atoms with Gasteiger partial charge in [0.25, 0.3) is 0 Å². The van der Waals surface area contributed by atoms with Gasteiger partial charge in [-0.3, -0.25) is 4.79 Å². The lowest BCUT2D eigenvalue weighted by molar-refractivity contribution is -0.379. The summed E-state index contributed by atoms with van der Waals surface area (Å²) in [6, 6.07) is -0.996. The number of hydrogen-bond acceptors (Lipinski definition) is 18. The number of unbranched alkanes of at least 4 members (excludes halogenated alkanes) is 35. The van der Waals surface area contributed by atoms with E-state index in [9.17, 15) is 61.0 Å². The van der Waals surface area contributed by atoms with Crippen LogP contribution in [0.1, 0.15) is 277 Å². The Morgan fingerprint density at radius 1 is 0.380 bits per heavy atom. The van der Waals surface area contributed by atoms with E-state index in [1.807, 2.05) is 6.08 Å². The highest BCUT2D eigenvalue weighted by Gasteiger charge is 2.53. The molecule has 92 heavy (non-hydrogen) atoms. The Hall–Kier alpha value is -2.25. The van der Waals surface area contributed by atoms with Crippen molar-refractivity contribution in [3.05, 3.63) is 48.6 Å². The van der Waals surface area contributed by atoms with Gasteiger partial charge in [0.15, 0.2) is 18.9 Å². The summed E-state index contributed by atoms with van der Waals surface area (Å²) >= 11 is 0. The summed E-state index contributed by atoms with van der Waals surface area (Å²) in [5.74, 6) is -0.286. The van der Waals surface area contributed by atoms with E-state index in [1.165, 1.54) is 199 Å². The molecule has 0 aromatic carbocycles. The van der Waals surface area contributed by atoms with Crippen molar-refractivity contribution >= 4 is 5.91 Å². The minimum Gasteiger partial charge on any atom is -0.394 e. The summed E-state index contributed by atoms with van der Waals surface area (Å²) in [6.07, 6.45) is 39.6. The maximum atomic E-state index is 13.4. The standard InChI is InChI=1S/C73H133NO18/c1-3-5-7-9-11-13-15-17-19-21-23-24-25-26-27-28-29-30-31-32-33-35-37-39-41-43-45-47-49-51-61(79)74-56(57(78)50-48-46-44-42-40-38-36-34-22-20-18-16-14-12-10-8-6-4-2)55-87-71-67(85)64(82)69(59(53-76)89-71)92-73-68(86)65(83)70(60(54-77)90-73)91-72-66(84)63(81)62(80)58(52-75)88-72/h21-23,34,40,42,48,50,56-60,62-73,75-78,80-86H,3-20,24-33,35-39,41,43-47,49,51-55H2,1-2H3,(H,74,79)/b23-21-,34-22+,42-40+,50-48+. The average molecular weight is 1310 g/mol. The third-order valence-electron chi connectivity index (χ3n) is 18.3. The molecule has 3 saturated heterocycles. The van der Waals surface area contributed by atoms with E-state index in [0.717, 1.165) is 44.9 Å². The van der Waals surface area contributed by atoms with Crippen LogP contribution in [0.25, 0.3) is 0 Å². The number of aliphatic hydroxyl groups excluding tert-OH is 11. The molecule has 0 bridgehead atoms. The van der Waals surface area contributed by atoms with Gasteiger partial charge < -0.3 is 89.9 Å². The number of allylic oxidation sites excluding steroid dienone is 7. The topological polar surface area (TPSA) is 307 Å². The monoisotopic (exact) mass is 1310 g/mol. The fraction of sp³-hybridized carbons (Fsp3) is 0.877. The molecule has 3 fully saturated rings. The third kappa shape index (κ3) is 35.8. The van der Waals surface area contributed by atoms with Crippen LogP contribution in [0.3, 0.4) is 0 Å². The van der Waals surface area contributed by atoms with Crippen LogP contribution >= 0.6 is 0 Å². The minimum absolute atomic E-state index is 0.234. The van der Waals surface area contributed by atoms with E-state index in [1.54, 1.807) is 6.08 Å². The van der Waals surface area contributed by atoms with Gasteiger partial charge in [-0.05, 0) is 70.6 Å². The normalized spacial score (nSPS) is 27.9. The fourth-order valence-corrected chi connectivity index (χ4v) is 12.3. The van der Waals surface area contributed by atoms with Gasteiger partial charge in [-0.1, -0.05) is 249 Å². The van der Waals surface area contributed by atoms with Gasteiger partial charge in [-0.15, -0.1) is 0 Å². The van der Waals surface area contributed by atoms with Crippen LogP contribution < -0.4 is 5.32 Å². The van der Waals surface area contributed by atoms with E-state index in [-0.39, 0.29) is 18.9 Å². The molecule has 0 aliphatic carbocycles. The largest absolute Gasteiger partial charge is 0.394 e. The minimum atomic E-state index is -1.98. The van der Waals surface area contributed by atoms with Gasteiger partial charge in [0.05, 0.1) is 38.6 Å². The predicted octanol–water partition coefficient (Wildman–Crippen LogP) is 10.6. The SMILES string of the molecule is CCCCCCCCCC/C=C\CCCCCCCCCCCCCCCCCCCC(=O)NC(COC1OC(CO)C(OC2OC(CO)C(OC3OC(CO)C(O)C(O)C3O)C(O)C2O)C(O)C1O)C(O)/C=C/CC/C=C/CC/C=C/CCCCCCCCCC. The Bertz CT molecular complexity index is 1860. The predicted molar refractivity (Wildman–Crippen MR) is 360 cm³/mol. The molecule has 17 atom stereocenters. The maximum absolute atomic E-state index is 13.4. The average Bonchev–Trinajstić information content (AvgIpc) is 0.834. The molecule has 17 unspecified atom stereocenters. The van der Waals surface area contributed by atoms with Crippen LogP contribution in [-0.2, 0) is 33.2 Å². The van der Waals surface area contributed by atoms with Crippen molar-refractivity contribution in [3.8, 4) is 0 Å². The van der Waals surface area contributed by atoms with Crippen molar-refractivity contribution in [2.75, 3.05) is 26.4 Å². The zero-order valence-electron chi connectivity index (χ0n) is 57.0. The maximum Gasteiger partial charge on any atom is 0.220 e. The Labute approximate surface area is 554 Å². The highest BCUT2D eigenvalue weighted by molar-refractivity contribution is 5.76. The number of nitrogens with one attached hydrogen (secondary N) is 1. The first kappa shape index (κ1) is 84.0. The van der Waals surface area contributed by atoms with Crippen molar-refractivity contribution in [2.24, 2.45) is 0 Å². The molecule has 0 radical (unpaired) electrons. The van der Waals surface area contributed by atoms with Gasteiger partial charge >= 0.3 is 0 Å². The van der Waals surface area contributed by atoms with Gasteiger partial charge in [-0.25, -0.2) is 0 Å². The molecule has 0 aromatic heterocycles. The zero-order chi connectivity index (χ0) is 66.8. The van der Waals surface area contributed by atoms with Crippen molar-refractivity contribution in [1.29, 1.82) is 0 Å². The summed E-state index contributed by atoms with van der Waals surface area (Å²) in [5, 5.41) is 121. The Kier molecular flexibility index (Phi) is 50.0. The van der Waals surface area contributed by atoms with Crippen molar-refractivity contribution in [3.63, 3.8) is 0 Å². The molecule has 3 aliphatic heterocycles. The number of hydrogen-bond donors (Lipinski definition) is 12. The van der Waals surface area contributed by atoms with Gasteiger partial charge in [0.1, 0.15) is 73.2 Å². The molecule has 0 aromatic rings. The number of carbonyl (C=O) groups excluding carboxylic acids is 1. The summed E-state index contributed by atoms with van der Waals surface area (Å²) < 4.78 is 34.3. The highest BCUT2D eigenvalue weighted by atomic mass is 16.8. The van der Waals surface area contributed by atoms with E-state index in [4.69, 9.17) is 28.4 Å². The molecule has 0 spiro atoms. The summed E-state index contributed by atoms with van der Waals surface area (Å²) in [6.45, 7) is 1.72. The van der Waals surface area contributed by atoms with E-state index in [2.05, 4.69) is 55.6 Å². The number of amides is 1. The summed E-state index contributed by atoms with van der Waals surface area (Å²) in [4.78, 5) is 13.4. The van der Waals surface area contributed by atoms with Crippen LogP contribution in [0.2, 0.25) is 0 Å². The molecule has 12 N–H and O–H groups in total. The quantitative estimate of drug-likeness (QED) is 0.0199. The second-order valence-corrected chi connectivity index (χ2v) is 26.4. The zero-order valence-corrected chi connectivity index (χ0v) is 57.0. The van der Waals surface area contributed by atoms with Gasteiger partial charge in [0, 0.05) is 6.42 Å². The Morgan fingerprint density at radius 3 is 1.09 bits per heavy atom. The van der Waals surface area contributed by atoms with Crippen LogP contribution in [0, 0.1) is 0 Å². The molecule has 3 aliphatic rings. The number of aliphatic hydroxyl groups is 11. The summed E-state index contributed by atoms with van der Waals surface area (Å²) in [5.41, 5.74) is 0. The van der Waals surface area contributed by atoms with Gasteiger partial charge in [-0.2, -0.15) is 0 Å². The lowest BCUT2D eigenvalue weighted by atomic mass is 9.96. The van der Waals surface area contributed by atoms with Crippen molar-refractivity contribution in [1.82, 2.24) is 5.32 Å². The fourth-order valence-electron chi connectivity index (χ4n) is 12.3. The number of carbonyl (C=O) groups is 1. The summed E-state index contributed by atoms with van der Waals surface area (Å²) in [7, 11) is 0. The number of ether oxygens (including phenoxy) is 6. The molecule has 19 nitrogen and oxygen atoms in total. The van der Waals surface area contributed by atoms with Crippen molar-refractivity contribution in [2.45, 2.75) is 381 Å².